The molecule has 6 nitrogen and oxygen atoms in total. The van der Waals surface area contributed by atoms with Gasteiger partial charge in [-0.2, -0.15) is 0 Å². The highest BCUT2D eigenvalue weighted by Gasteiger charge is 2.16. The van der Waals surface area contributed by atoms with Crippen LogP contribution in [0.1, 0.15) is 50.2 Å². The molecule has 2 heterocycles. The first-order valence-corrected chi connectivity index (χ1v) is 8.70. The fourth-order valence-electron chi connectivity index (χ4n) is 2.96. The van der Waals surface area contributed by atoms with Crippen LogP contribution in [0.4, 0.5) is 0 Å². The van der Waals surface area contributed by atoms with Gasteiger partial charge >= 0.3 is 0 Å². The molecule has 1 aromatic heterocycles. The maximum Gasteiger partial charge on any atom is 0.193 e. The first kappa shape index (κ1) is 17.5. The van der Waals surface area contributed by atoms with Crippen LogP contribution >= 0.6 is 0 Å². The van der Waals surface area contributed by atoms with E-state index >= 15 is 0 Å². The number of rotatable bonds is 8. The molecule has 1 aliphatic heterocycles. The minimum absolute atomic E-state index is 0.681. The van der Waals surface area contributed by atoms with Gasteiger partial charge < -0.3 is 14.8 Å². The Hall–Kier alpha value is -1.85. The van der Waals surface area contributed by atoms with Gasteiger partial charge in [0.05, 0.1) is 6.54 Å². The Morgan fingerprint density at radius 2 is 2.22 bits per heavy atom. The van der Waals surface area contributed by atoms with E-state index in [1.54, 1.807) is 0 Å². The van der Waals surface area contributed by atoms with Gasteiger partial charge in [0, 0.05) is 33.6 Å². The molecule has 0 aliphatic carbocycles. The summed E-state index contributed by atoms with van der Waals surface area (Å²) >= 11 is 0. The topological polar surface area (TPSA) is 58.3 Å². The highest BCUT2D eigenvalue weighted by Crippen LogP contribution is 2.14. The molecule has 0 saturated carbocycles. The summed E-state index contributed by atoms with van der Waals surface area (Å²) in [5.41, 5.74) is 0. The van der Waals surface area contributed by atoms with Gasteiger partial charge in [0.15, 0.2) is 11.8 Å². The van der Waals surface area contributed by atoms with Crippen LogP contribution in [-0.2, 0) is 19.5 Å². The second-order valence-corrected chi connectivity index (χ2v) is 6.10. The zero-order valence-corrected chi connectivity index (χ0v) is 14.6. The van der Waals surface area contributed by atoms with E-state index in [1.165, 1.54) is 32.1 Å². The fourth-order valence-corrected chi connectivity index (χ4v) is 2.96. The molecule has 0 unspecified atom stereocenters. The van der Waals surface area contributed by atoms with Crippen LogP contribution in [0, 0.1) is 0 Å². The number of nitrogens with one attached hydrogen (secondary N) is 1. The molecule has 0 radical (unpaired) electrons. The lowest BCUT2D eigenvalue weighted by molar-refractivity contribution is 0.451. The van der Waals surface area contributed by atoms with Crippen LogP contribution in [-0.4, -0.2) is 46.3 Å². The summed E-state index contributed by atoms with van der Waals surface area (Å²) in [5.74, 6) is 3.06. The first-order chi connectivity index (χ1) is 11.3. The lowest BCUT2D eigenvalue weighted by Gasteiger charge is -2.22. The van der Waals surface area contributed by atoms with E-state index in [0.717, 1.165) is 43.5 Å². The van der Waals surface area contributed by atoms with Crippen molar-refractivity contribution in [2.75, 3.05) is 20.6 Å². The van der Waals surface area contributed by atoms with Gasteiger partial charge in [-0.05, 0) is 32.1 Å². The highest BCUT2D eigenvalue weighted by molar-refractivity contribution is 5.79. The Kier molecular flexibility index (Phi) is 7.10. The first-order valence-electron chi connectivity index (χ1n) is 8.70. The lowest BCUT2D eigenvalue weighted by atomic mass is 10.2. The minimum atomic E-state index is 0.681. The van der Waals surface area contributed by atoms with Crippen molar-refractivity contribution in [3.63, 3.8) is 0 Å². The number of unbranched alkanes of at least 4 members (excludes halogenated alkanes) is 3. The molecule has 0 spiro atoms. The quantitative estimate of drug-likeness (QED) is 0.346. The second kappa shape index (κ2) is 9.33. The van der Waals surface area contributed by atoms with Crippen molar-refractivity contribution in [1.82, 2.24) is 25.0 Å². The Morgan fingerprint density at radius 3 is 3.00 bits per heavy atom. The molecule has 0 amide bonds. The van der Waals surface area contributed by atoms with Crippen LogP contribution < -0.4 is 5.32 Å². The summed E-state index contributed by atoms with van der Waals surface area (Å²) < 4.78 is 2.25. The standard InChI is InChI=1S/C17H30N6/c1-4-5-6-7-9-12-22(3)17(18-2)19-14-16-21-20-15-11-8-10-13-23(15)16/h4H,1,5-14H2,2-3H3,(H,18,19). The molecule has 0 aromatic carbocycles. The summed E-state index contributed by atoms with van der Waals surface area (Å²) in [6.07, 6.45) is 10.2. The van der Waals surface area contributed by atoms with E-state index in [1.807, 2.05) is 13.1 Å². The predicted molar refractivity (Wildman–Crippen MR) is 94.5 cm³/mol. The molecular formula is C17H30N6. The SMILES string of the molecule is C=CCCCCCN(C)C(=NC)NCc1nnc2n1CCCC2. The summed E-state index contributed by atoms with van der Waals surface area (Å²) in [4.78, 5) is 6.55. The van der Waals surface area contributed by atoms with E-state index in [4.69, 9.17) is 0 Å². The van der Waals surface area contributed by atoms with Gasteiger partial charge in [-0.3, -0.25) is 4.99 Å². The van der Waals surface area contributed by atoms with E-state index in [-0.39, 0.29) is 0 Å². The number of nitrogens with zero attached hydrogens (tertiary/aromatic N) is 5. The monoisotopic (exact) mass is 318 g/mol. The number of aryl methyl sites for hydroxylation is 1. The Morgan fingerprint density at radius 1 is 1.35 bits per heavy atom. The number of fused-ring (bicyclic) bond motifs is 1. The molecule has 1 aromatic rings. The third-order valence-electron chi connectivity index (χ3n) is 4.32. The number of aromatic nitrogens is 3. The molecule has 0 fully saturated rings. The number of aliphatic imine (C=N–C) groups is 1. The van der Waals surface area contributed by atoms with Gasteiger partial charge in [0.2, 0.25) is 0 Å². The van der Waals surface area contributed by atoms with Crippen LogP contribution in [0.25, 0.3) is 0 Å². The van der Waals surface area contributed by atoms with Crippen LogP contribution in [0.5, 0.6) is 0 Å². The average molecular weight is 318 g/mol. The number of hydrogen-bond acceptors (Lipinski definition) is 3. The lowest BCUT2D eigenvalue weighted by Crippen LogP contribution is -2.39. The van der Waals surface area contributed by atoms with Crippen molar-refractivity contribution in [2.45, 2.75) is 58.0 Å². The Labute approximate surface area is 139 Å². The van der Waals surface area contributed by atoms with Crippen molar-refractivity contribution < 1.29 is 0 Å². The third kappa shape index (κ3) is 5.08. The second-order valence-electron chi connectivity index (χ2n) is 6.10. The normalized spacial score (nSPS) is 14.4. The molecule has 0 atom stereocenters. The highest BCUT2D eigenvalue weighted by atomic mass is 15.3. The number of hydrogen-bond donors (Lipinski definition) is 1. The average Bonchev–Trinajstić information content (AvgIpc) is 2.98. The molecule has 2 rings (SSSR count). The van der Waals surface area contributed by atoms with E-state index in [0.29, 0.717) is 6.54 Å². The molecule has 0 saturated heterocycles. The van der Waals surface area contributed by atoms with E-state index < -0.39 is 0 Å². The van der Waals surface area contributed by atoms with Crippen molar-refractivity contribution in [3.8, 4) is 0 Å². The molecule has 128 valence electrons. The van der Waals surface area contributed by atoms with Crippen molar-refractivity contribution in [2.24, 2.45) is 4.99 Å². The molecule has 23 heavy (non-hydrogen) atoms. The number of allylic oxidation sites excluding steroid dienone is 1. The van der Waals surface area contributed by atoms with Gasteiger partial charge in [-0.1, -0.05) is 12.5 Å². The molecule has 0 bridgehead atoms. The van der Waals surface area contributed by atoms with Crippen LogP contribution in [0.2, 0.25) is 0 Å². The Bertz CT molecular complexity index is 519. The van der Waals surface area contributed by atoms with Gasteiger partial charge in [0.1, 0.15) is 5.82 Å². The van der Waals surface area contributed by atoms with Crippen molar-refractivity contribution in [3.05, 3.63) is 24.3 Å². The van der Waals surface area contributed by atoms with Gasteiger partial charge in [-0.25, -0.2) is 0 Å². The summed E-state index contributed by atoms with van der Waals surface area (Å²) in [7, 11) is 3.91. The zero-order chi connectivity index (χ0) is 16.5. The fraction of sp³-hybridized carbons (Fsp3) is 0.706. The van der Waals surface area contributed by atoms with Gasteiger partial charge in [0.25, 0.3) is 0 Å². The number of guanidine groups is 1. The summed E-state index contributed by atoms with van der Waals surface area (Å²) in [6, 6.07) is 0. The van der Waals surface area contributed by atoms with Crippen molar-refractivity contribution in [1.29, 1.82) is 0 Å². The molecular weight excluding hydrogens is 288 g/mol. The minimum Gasteiger partial charge on any atom is -0.349 e. The van der Waals surface area contributed by atoms with Crippen LogP contribution in [0.15, 0.2) is 17.6 Å². The summed E-state index contributed by atoms with van der Waals surface area (Å²) in [6.45, 7) is 6.49. The maximum absolute atomic E-state index is 4.37. The largest absolute Gasteiger partial charge is 0.349 e. The third-order valence-corrected chi connectivity index (χ3v) is 4.32. The molecule has 1 aliphatic rings. The Balaban J connectivity index is 1.78. The smallest absolute Gasteiger partial charge is 0.193 e. The molecule has 1 N–H and O–H groups in total. The predicted octanol–water partition coefficient (Wildman–Crippen LogP) is 2.37. The molecule has 6 heteroatoms. The summed E-state index contributed by atoms with van der Waals surface area (Å²) in [5, 5.41) is 12.0. The van der Waals surface area contributed by atoms with Gasteiger partial charge in [-0.15, -0.1) is 16.8 Å². The van der Waals surface area contributed by atoms with E-state index in [9.17, 15) is 0 Å². The van der Waals surface area contributed by atoms with E-state index in [2.05, 4.69) is 43.6 Å². The van der Waals surface area contributed by atoms with Crippen LogP contribution in [0.3, 0.4) is 0 Å². The van der Waals surface area contributed by atoms with Crippen molar-refractivity contribution >= 4 is 5.96 Å². The zero-order valence-electron chi connectivity index (χ0n) is 14.6. The maximum atomic E-state index is 4.37.